The van der Waals surface area contributed by atoms with Crippen molar-refractivity contribution < 1.29 is 22.4 Å². The van der Waals surface area contributed by atoms with Crippen molar-refractivity contribution in [3.8, 4) is 0 Å². The maximum atomic E-state index is 13.4. The zero-order chi connectivity index (χ0) is 22.8. The van der Waals surface area contributed by atoms with Crippen molar-refractivity contribution in [1.29, 1.82) is 0 Å². The Morgan fingerprint density at radius 2 is 1.97 bits per heavy atom. The normalized spacial score (nSPS) is 21.2. The fourth-order valence-corrected chi connectivity index (χ4v) is 6.33. The van der Waals surface area contributed by atoms with Gasteiger partial charge < -0.3 is 14.1 Å². The first-order valence-corrected chi connectivity index (χ1v) is 13.0. The third-order valence-electron chi connectivity index (χ3n) is 6.40. The molecule has 1 aromatic heterocycles. The molecule has 2 fully saturated rings. The minimum Gasteiger partial charge on any atom is -0.464 e. The molecular weight excluding hydrogens is 440 g/mol. The number of carbonyl (C=O) groups excluding carboxylic acids is 1. The summed E-state index contributed by atoms with van der Waals surface area (Å²) >= 11 is 0. The van der Waals surface area contributed by atoms with Crippen LogP contribution in [0.4, 0.5) is 5.69 Å². The van der Waals surface area contributed by atoms with Crippen LogP contribution in [0, 0.1) is 5.92 Å². The van der Waals surface area contributed by atoms with Crippen LogP contribution in [-0.4, -0.2) is 57.8 Å². The fourth-order valence-electron chi connectivity index (χ4n) is 4.70. The van der Waals surface area contributed by atoms with Crippen LogP contribution in [0.15, 0.2) is 59.2 Å². The van der Waals surface area contributed by atoms with Gasteiger partial charge in [-0.3, -0.25) is 9.10 Å². The monoisotopic (exact) mass is 468 g/mol. The van der Waals surface area contributed by atoms with E-state index >= 15 is 0 Å². The van der Waals surface area contributed by atoms with E-state index in [-0.39, 0.29) is 17.6 Å². The Balaban J connectivity index is 1.32. The number of benzene rings is 2. The number of furan rings is 1. The standard InChI is InChI=1S/C25H28N2O5S/c28-25(22-4-3-5-23(16-22)27-9-1-2-13-33(27,29)30)26-10-12-31-18-20(17-26)14-19-6-7-21-8-11-32-24(21)15-19/h3-8,11,15-16,20H,1-2,9-10,12-14,17-18H2/t20-/m0/s1. The van der Waals surface area contributed by atoms with Crippen molar-refractivity contribution in [1.82, 2.24) is 4.90 Å². The Kier molecular flexibility index (Phi) is 6.12. The third-order valence-corrected chi connectivity index (χ3v) is 8.27. The maximum Gasteiger partial charge on any atom is 0.254 e. The second-order valence-corrected chi connectivity index (χ2v) is 10.8. The topological polar surface area (TPSA) is 80.1 Å². The van der Waals surface area contributed by atoms with Gasteiger partial charge in [-0.2, -0.15) is 0 Å². The fraction of sp³-hybridized carbons (Fsp3) is 0.400. The maximum absolute atomic E-state index is 13.4. The van der Waals surface area contributed by atoms with E-state index in [1.54, 1.807) is 30.5 Å². The summed E-state index contributed by atoms with van der Waals surface area (Å²) in [5, 5.41) is 1.07. The quantitative estimate of drug-likeness (QED) is 0.583. The summed E-state index contributed by atoms with van der Waals surface area (Å²) in [6.45, 7) is 2.63. The van der Waals surface area contributed by atoms with Crippen LogP contribution < -0.4 is 4.31 Å². The third kappa shape index (κ3) is 4.77. The second-order valence-electron chi connectivity index (χ2n) is 8.83. The van der Waals surface area contributed by atoms with E-state index in [1.165, 1.54) is 4.31 Å². The number of sulfonamides is 1. The summed E-state index contributed by atoms with van der Waals surface area (Å²) in [6.07, 6.45) is 3.98. The van der Waals surface area contributed by atoms with Crippen LogP contribution in [0.5, 0.6) is 0 Å². The van der Waals surface area contributed by atoms with Gasteiger partial charge in [-0.15, -0.1) is 0 Å². The molecule has 33 heavy (non-hydrogen) atoms. The van der Waals surface area contributed by atoms with Crippen LogP contribution in [0.3, 0.4) is 0 Å². The Labute approximate surface area is 194 Å². The number of amides is 1. The van der Waals surface area contributed by atoms with E-state index in [0.717, 1.165) is 29.4 Å². The van der Waals surface area contributed by atoms with Gasteiger partial charge in [-0.25, -0.2) is 8.42 Å². The van der Waals surface area contributed by atoms with Crippen molar-refractivity contribution >= 4 is 32.6 Å². The van der Waals surface area contributed by atoms with Gasteiger partial charge in [-0.1, -0.05) is 18.2 Å². The minimum absolute atomic E-state index is 0.0942. The molecule has 3 heterocycles. The van der Waals surface area contributed by atoms with Gasteiger partial charge in [0.25, 0.3) is 5.91 Å². The summed E-state index contributed by atoms with van der Waals surface area (Å²) < 4.78 is 37.8. The number of hydrogen-bond donors (Lipinski definition) is 0. The molecule has 0 spiro atoms. The summed E-state index contributed by atoms with van der Waals surface area (Å²) in [6, 6.07) is 15.1. The highest BCUT2D eigenvalue weighted by molar-refractivity contribution is 7.92. The van der Waals surface area contributed by atoms with Crippen LogP contribution in [0.2, 0.25) is 0 Å². The molecule has 0 unspecified atom stereocenters. The summed E-state index contributed by atoms with van der Waals surface area (Å²) in [4.78, 5) is 15.2. The molecule has 0 radical (unpaired) electrons. The molecule has 3 aromatic rings. The number of anilines is 1. The van der Waals surface area contributed by atoms with E-state index in [2.05, 4.69) is 18.2 Å². The predicted octanol–water partition coefficient (Wildman–Crippen LogP) is 3.69. The highest BCUT2D eigenvalue weighted by Gasteiger charge is 2.28. The zero-order valence-corrected chi connectivity index (χ0v) is 19.3. The Morgan fingerprint density at radius 3 is 2.85 bits per heavy atom. The molecule has 2 aromatic carbocycles. The number of fused-ring (bicyclic) bond motifs is 1. The molecule has 2 aliphatic heterocycles. The highest BCUT2D eigenvalue weighted by Crippen LogP contribution is 2.26. The molecular formula is C25H28N2O5S. The van der Waals surface area contributed by atoms with Crippen LogP contribution >= 0.6 is 0 Å². The lowest BCUT2D eigenvalue weighted by Crippen LogP contribution is -2.38. The molecule has 7 nitrogen and oxygen atoms in total. The molecule has 2 saturated heterocycles. The van der Waals surface area contributed by atoms with Gasteiger partial charge >= 0.3 is 0 Å². The predicted molar refractivity (Wildman–Crippen MR) is 127 cm³/mol. The van der Waals surface area contributed by atoms with Crippen molar-refractivity contribution in [2.45, 2.75) is 19.3 Å². The summed E-state index contributed by atoms with van der Waals surface area (Å²) in [5.41, 5.74) is 3.08. The van der Waals surface area contributed by atoms with Crippen molar-refractivity contribution in [2.24, 2.45) is 5.92 Å². The summed E-state index contributed by atoms with van der Waals surface area (Å²) in [5.74, 6) is 0.220. The number of ether oxygens (including phenoxy) is 1. The molecule has 0 bridgehead atoms. The van der Waals surface area contributed by atoms with E-state index in [0.29, 0.717) is 50.5 Å². The van der Waals surface area contributed by atoms with E-state index in [1.807, 2.05) is 11.0 Å². The smallest absolute Gasteiger partial charge is 0.254 e. The van der Waals surface area contributed by atoms with Crippen LogP contribution in [-0.2, 0) is 21.2 Å². The van der Waals surface area contributed by atoms with Gasteiger partial charge in [0, 0.05) is 36.5 Å². The zero-order valence-electron chi connectivity index (χ0n) is 18.5. The molecule has 174 valence electrons. The average molecular weight is 469 g/mol. The molecule has 0 aliphatic carbocycles. The minimum atomic E-state index is -3.32. The van der Waals surface area contributed by atoms with Crippen molar-refractivity contribution in [3.63, 3.8) is 0 Å². The lowest BCUT2D eigenvalue weighted by atomic mass is 9.98. The largest absolute Gasteiger partial charge is 0.464 e. The number of nitrogens with zero attached hydrogens (tertiary/aromatic N) is 2. The molecule has 2 aliphatic rings. The summed E-state index contributed by atoms with van der Waals surface area (Å²) in [7, 11) is -3.32. The first-order valence-electron chi connectivity index (χ1n) is 11.4. The van der Waals surface area contributed by atoms with Crippen molar-refractivity contribution in [2.75, 3.05) is 42.9 Å². The van der Waals surface area contributed by atoms with Gasteiger partial charge in [0.15, 0.2) is 0 Å². The van der Waals surface area contributed by atoms with Gasteiger partial charge in [0.2, 0.25) is 10.0 Å². The number of carbonyl (C=O) groups is 1. The van der Waals surface area contributed by atoms with E-state index < -0.39 is 10.0 Å². The number of rotatable bonds is 4. The molecule has 1 atom stereocenters. The van der Waals surface area contributed by atoms with Crippen LogP contribution in [0.1, 0.15) is 28.8 Å². The van der Waals surface area contributed by atoms with E-state index in [4.69, 9.17) is 9.15 Å². The van der Waals surface area contributed by atoms with Crippen LogP contribution in [0.25, 0.3) is 11.0 Å². The lowest BCUT2D eigenvalue weighted by Gasteiger charge is -2.29. The van der Waals surface area contributed by atoms with E-state index in [9.17, 15) is 13.2 Å². The lowest BCUT2D eigenvalue weighted by molar-refractivity contribution is 0.0737. The SMILES string of the molecule is O=C(c1cccc(N2CCCCS2(=O)=O)c1)N1CCOC[C@@H](Cc2ccc3ccoc3c2)C1. The molecule has 0 saturated carbocycles. The number of hydrogen-bond acceptors (Lipinski definition) is 5. The van der Waals surface area contributed by atoms with Gasteiger partial charge in [-0.05, 0) is 55.2 Å². The van der Waals surface area contributed by atoms with Gasteiger partial charge in [0.1, 0.15) is 5.58 Å². The molecule has 8 heteroatoms. The second kappa shape index (κ2) is 9.19. The average Bonchev–Trinajstić information content (AvgIpc) is 3.16. The molecule has 5 rings (SSSR count). The molecule has 0 N–H and O–H groups in total. The highest BCUT2D eigenvalue weighted by atomic mass is 32.2. The molecule has 1 amide bonds. The van der Waals surface area contributed by atoms with Gasteiger partial charge in [0.05, 0.1) is 30.9 Å². The van der Waals surface area contributed by atoms with Crippen molar-refractivity contribution in [3.05, 3.63) is 65.9 Å². The first-order chi connectivity index (χ1) is 16.0. The Bertz CT molecular complexity index is 1250. The first kappa shape index (κ1) is 22.0. The Hall–Kier alpha value is -2.84. The Morgan fingerprint density at radius 1 is 1.06 bits per heavy atom.